The van der Waals surface area contributed by atoms with Gasteiger partial charge in [-0.15, -0.1) is 11.3 Å². The lowest BCUT2D eigenvalue weighted by atomic mass is 9.92. The molecule has 1 N–H and O–H groups in total. The monoisotopic (exact) mass is 351 g/mol. The van der Waals surface area contributed by atoms with Gasteiger partial charge < -0.3 is 5.32 Å². The summed E-state index contributed by atoms with van der Waals surface area (Å²) in [5.41, 5.74) is 6.01. The first-order valence-corrected chi connectivity index (χ1v) is 9.51. The van der Waals surface area contributed by atoms with E-state index in [1.54, 1.807) is 0 Å². The largest absolute Gasteiger partial charge is 0.344 e. The number of aromatic nitrogens is 2. The van der Waals surface area contributed by atoms with Gasteiger partial charge in [-0.2, -0.15) is 5.10 Å². The van der Waals surface area contributed by atoms with E-state index in [0.717, 1.165) is 35.4 Å². The second kappa shape index (κ2) is 6.48. The smallest absolute Gasteiger partial charge is 0.261 e. The molecular weight excluding hydrogens is 330 g/mol. The molecule has 2 heterocycles. The summed E-state index contributed by atoms with van der Waals surface area (Å²) in [4.78, 5) is 13.2. The lowest BCUT2D eigenvalue weighted by Crippen LogP contribution is -2.30. The number of nitrogens with zero attached hydrogens (tertiary/aromatic N) is 2. The number of rotatable bonds is 3. The number of benzene rings is 1. The van der Waals surface area contributed by atoms with Crippen molar-refractivity contribution in [2.45, 2.75) is 39.2 Å². The molecule has 0 saturated heterocycles. The van der Waals surface area contributed by atoms with Crippen molar-refractivity contribution >= 4 is 17.2 Å². The van der Waals surface area contributed by atoms with Gasteiger partial charge in [0.25, 0.3) is 5.91 Å². The van der Waals surface area contributed by atoms with Gasteiger partial charge in [-0.3, -0.25) is 4.79 Å². The Morgan fingerprint density at radius 1 is 1.28 bits per heavy atom. The number of aryl methyl sites for hydroxylation is 1. The zero-order chi connectivity index (χ0) is 17.4. The third-order valence-electron chi connectivity index (χ3n) is 5.04. The number of carbonyl (C=O) groups excluding carboxylic acids is 1. The highest BCUT2D eigenvalue weighted by Gasteiger charge is 2.27. The van der Waals surface area contributed by atoms with Crippen molar-refractivity contribution in [1.82, 2.24) is 15.1 Å². The maximum absolute atomic E-state index is 12.4. The highest BCUT2D eigenvalue weighted by molar-refractivity contribution is 7.12. The molecule has 2 aromatic heterocycles. The van der Waals surface area contributed by atoms with E-state index in [9.17, 15) is 4.79 Å². The molecule has 5 heteroatoms. The molecule has 1 unspecified atom stereocenters. The Bertz CT molecular complexity index is 911. The van der Waals surface area contributed by atoms with E-state index in [0.29, 0.717) is 0 Å². The van der Waals surface area contributed by atoms with E-state index in [2.05, 4.69) is 47.1 Å². The van der Waals surface area contributed by atoms with E-state index in [1.807, 2.05) is 23.7 Å². The molecule has 128 valence electrons. The Kier molecular flexibility index (Phi) is 4.17. The Hall–Kier alpha value is -2.40. The van der Waals surface area contributed by atoms with E-state index in [4.69, 9.17) is 0 Å². The first-order valence-electron chi connectivity index (χ1n) is 8.63. The summed E-state index contributed by atoms with van der Waals surface area (Å²) in [7, 11) is 0. The third-order valence-corrected chi connectivity index (χ3v) is 5.91. The number of carbonyl (C=O) groups is 1. The summed E-state index contributed by atoms with van der Waals surface area (Å²) in [6.07, 6.45) is 4.94. The minimum absolute atomic E-state index is 0.00679. The topological polar surface area (TPSA) is 46.9 Å². The van der Waals surface area contributed by atoms with Crippen LogP contribution in [0.2, 0.25) is 0 Å². The minimum Gasteiger partial charge on any atom is -0.344 e. The van der Waals surface area contributed by atoms with Crippen molar-refractivity contribution in [2.24, 2.45) is 0 Å². The number of hydrogen-bond acceptors (Lipinski definition) is 3. The number of hydrogen-bond donors (Lipinski definition) is 1. The maximum atomic E-state index is 12.4. The van der Waals surface area contributed by atoms with Gasteiger partial charge in [0.2, 0.25) is 0 Å². The van der Waals surface area contributed by atoms with E-state index in [1.165, 1.54) is 28.2 Å². The van der Waals surface area contributed by atoms with Crippen molar-refractivity contribution in [3.63, 3.8) is 0 Å². The molecule has 0 saturated carbocycles. The normalized spacial score (nSPS) is 16.5. The molecule has 4 rings (SSSR count). The summed E-state index contributed by atoms with van der Waals surface area (Å²) >= 11 is 1.47. The first-order chi connectivity index (χ1) is 12.1. The lowest BCUT2D eigenvalue weighted by Gasteiger charge is -2.24. The molecule has 1 atom stereocenters. The van der Waals surface area contributed by atoms with Crippen LogP contribution >= 0.6 is 11.3 Å². The first kappa shape index (κ1) is 16.1. The fourth-order valence-corrected chi connectivity index (χ4v) is 4.14. The number of amides is 1. The van der Waals surface area contributed by atoms with Gasteiger partial charge >= 0.3 is 0 Å². The van der Waals surface area contributed by atoms with Gasteiger partial charge in [0.1, 0.15) is 0 Å². The average Bonchev–Trinajstić information content (AvgIpc) is 3.27. The molecule has 0 fully saturated rings. The van der Waals surface area contributed by atoms with Crippen LogP contribution in [0, 0.1) is 13.8 Å². The van der Waals surface area contributed by atoms with Gasteiger partial charge in [0.05, 0.1) is 22.8 Å². The van der Waals surface area contributed by atoms with Crippen LogP contribution in [0.15, 0.2) is 41.9 Å². The molecule has 1 amide bonds. The number of fused-ring (bicyclic) bond motifs is 1. The Labute approximate surface area is 151 Å². The van der Waals surface area contributed by atoms with E-state index >= 15 is 0 Å². The van der Waals surface area contributed by atoms with Gasteiger partial charge in [-0.05, 0) is 61.7 Å². The highest BCUT2D eigenvalue weighted by Crippen LogP contribution is 2.32. The van der Waals surface area contributed by atoms with Gasteiger partial charge in [-0.1, -0.05) is 18.2 Å². The van der Waals surface area contributed by atoms with Crippen LogP contribution in [-0.4, -0.2) is 15.7 Å². The van der Waals surface area contributed by atoms with Crippen LogP contribution in [0.4, 0.5) is 0 Å². The lowest BCUT2D eigenvalue weighted by molar-refractivity contribution is 0.0937. The van der Waals surface area contributed by atoms with Crippen molar-refractivity contribution < 1.29 is 4.79 Å². The van der Waals surface area contributed by atoms with Crippen LogP contribution in [0.5, 0.6) is 0 Å². The average molecular weight is 351 g/mol. The van der Waals surface area contributed by atoms with Gasteiger partial charge in [0, 0.05) is 11.3 Å². The second-order valence-corrected chi connectivity index (χ2v) is 7.52. The van der Waals surface area contributed by atoms with Crippen molar-refractivity contribution in [1.29, 1.82) is 0 Å². The second-order valence-electron chi connectivity index (χ2n) is 6.57. The molecular formula is C20H21N3OS. The quantitative estimate of drug-likeness (QED) is 0.762. The maximum Gasteiger partial charge on any atom is 0.261 e. The van der Waals surface area contributed by atoms with Crippen molar-refractivity contribution in [2.75, 3.05) is 0 Å². The minimum atomic E-state index is 0.00679. The van der Waals surface area contributed by atoms with E-state index in [-0.39, 0.29) is 11.9 Å². The van der Waals surface area contributed by atoms with Crippen molar-refractivity contribution in [3.8, 4) is 5.69 Å². The molecule has 4 nitrogen and oxygen atoms in total. The zero-order valence-electron chi connectivity index (χ0n) is 14.5. The predicted octanol–water partition coefficient (Wildman–Crippen LogP) is 4.36. The zero-order valence-corrected chi connectivity index (χ0v) is 15.3. The van der Waals surface area contributed by atoms with Crippen LogP contribution in [0.25, 0.3) is 5.69 Å². The predicted molar refractivity (Wildman–Crippen MR) is 101 cm³/mol. The van der Waals surface area contributed by atoms with Crippen LogP contribution in [-0.2, 0) is 6.42 Å². The highest BCUT2D eigenvalue weighted by atomic mass is 32.1. The summed E-state index contributed by atoms with van der Waals surface area (Å²) < 4.78 is 2.06. The van der Waals surface area contributed by atoms with Crippen LogP contribution in [0.3, 0.4) is 0 Å². The number of nitrogens with one attached hydrogen (secondary N) is 1. The molecule has 0 spiro atoms. The Morgan fingerprint density at radius 2 is 2.16 bits per heavy atom. The summed E-state index contributed by atoms with van der Waals surface area (Å²) in [5.74, 6) is 0.00679. The summed E-state index contributed by atoms with van der Waals surface area (Å²) in [6, 6.07) is 10.1. The van der Waals surface area contributed by atoms with Crippen molar-refractivity contribution in [3.05, 3.63) is 69.2 Å². The molecule has 25 heavy (non-hydrogen) atoms. The Balaban J connectivity index is 1.66. The Morgan fingerprint density at radius 3 is 2.96 bits per heavy atom. The van der Waals surface area contributed by atoms with Gasteiger partial charge in [0.15, 0.2) is 0 Å². The number of thiophene rings is 1. The standard InChI is InChI=1S/C20H21N3OS/c1-13-6-3-8-17(14(13)2)23-18-9-4-7-16(15(18)12-21-23)22-20(24)19-10-5-11-25-19/h3,5-6,8,10-12,16H,4,7,9H2,1-2H3,(H,22,24). The van der Waals surface area contributed by atoms with Gasteiger partial charge in [-0.25, -0.2) is 4.68 Å². The SMILES string of the molecule is Cc1cccc(-n2ncc3c2CCCC3NC(=O)c2cccs2)c1C. The van der Waals surface area contributed by atoms with Crippen LogP contribution in [0.1, 0.15) is 50.9 Å². The summed E-state index contributed by atoms with van der Waals surface area (Å²) in [5, 5.41) is 9.77. The third kappa shape index (κ3) is 2.89. The molecule has 3 aromatic rings. The molecule has 1 aliphatic rings. The van der Waals surface area contributed by atoms with Crippen LogP contribution < -0.4 is 5.32 Å². The molecule has 0 aliphatic heterocycles. The van der Waals surface area contributed by atoms with E-state index < -0.39 is 0 Å². The summed E-state index contributed by atoms with van der Waals surface area (Å²) in [6.45, 7) is 4.26. The molecule has 0 radical (unpaired) electrons. The fourth-order valence-electron chi connectivity index (χ4n) is 3.52. The fraction of sp³-hybridized carbons (Fsp3) is 0.300. The molecule has 0 bridgehead atoms. The molecule has 1 aromatic carbocycles. The molecule has 1 aliphatic carbocycles.